The second kappa shape index (κ2) is 5.31. The van der Waals surface area contributed by atoms with Crippen LogP contribution in [0.1, 0.15) is 25.3 Å². The summed E-state index contributed by atoms with van der Waals surface area (Å²) in [6, 6.07) is 5.73. The van der Waals surface area contributed by atoms with Crippen molar-refractivity contribution >= 4 is 11.6 Å². The molecule has 1 aromatic heterocycles. The monoisotopic (exact) mass is 266 g/mol. The number of hydrogen-bond donors (Lipinski definition) is 0. The fraction of sp³-hybridized carbons (Fsp3) is 0.231. The Kier molecular flexibility index (Phi) is 3.77. The predicted molar refractivity (Wildman–Crippen MR) is 67.6 cm³/mol. The minimum absolute atomic E-state index is 0.133. The van der Waals surface area contributed by atoms with Gasteiger partial charge >= 0.3 is 0 Å². The third kappa shape index (κ3) is 2.76. The van der Waals surface area contributed by atoms with Crippen molar-refractivity contribution in [2.24, 2.45) is 0 Å². The maximum Gasteiger partial charge on any atom is 0.227 e. The highest BCUT2D eigenvalue weighted by Gasteiger charge is 2.15. The van der Waals surface area contributed by atoms with Crippen molar-refractivity contribution in [3.8, 4) is 11.6 Å². The third-order valence-corrected chi connectivity index (χ3v) is 2.71. The Balaban J connectivity index is 2.34. The van der Waals surface area contributed by atoms with Gasteiger partial charge in [-0.2, -0.15) is 0 Å². The van der Waals surface area contributed by atoms with Crippen LogP contribution in [-0.2, 0) is 0 Å². The summed E-state index contributed by atoms with van der Waals surface area (Å²) in [5.74, 6) is 0.728. The minimum atomic E-state index is -0.313. The number of ether oxygens (including phenoxy) is 1. The molecular weight excluding hydrogens is 255 g/mol. The van der Waals surface area contributed by atoms with Crippen LogP contribution in [0.2, 0.25) is 5.15 Å². The zero-order valence-electron chi connectivity index (χ0n) is 10.0. The fourth-order valence-corrected chi connectivity index (χ4v) is 1.88. The van der Waals surface area contributed by atoms with Gasteiger partial charge in [0.25, 0.3) is 0 Å². The molecule has 0 N–H and O–H groups in total. The number of nitrogens with zero attached hydrogens (tertiary/aromatic N) is 2. The molecule has 3 nitrogen and oxygen atoms in total. The topological polar surface area (TPSA) is 35.0 Å². The van der Waals surface area contributed by atoms with Crippen LogP contribution in [0.4, 0.5) is 4.39 Å². The molecule has 0 aliphatic rings. The molecule has 5 heteroatoms. The average molecular weight is 267 g/mol. The average Bonchev–Trinajstić information content (AvgIpc) is 2.32. The van der Waals surface area contributed by atoms with Crippen molar-refractivity contribution < 1.29 is 9.13 Å². The van der Waals surface area contributed by atoms with Gasteiger partial charge in [0.05, 0.1) is 5.56 Å². The summed E-state index contributed by atoms with van der Waals surface area (Å²) in [5.41, 5.74) is 0.739. The van der Waals surface area contributed by atoms with E-state index in [-0.39, 0.29) is 11.7 Å². The molecule has 0 unspecified atom stereocenters. The van der Waals surface area contributed by atoms with Crippen LogP contribution in [-0.4, -0.2) is 9.97 Å². The van der Waals surface area contributed by atoms with Crippen LogP contribution >= 0.6 is 11.6 Å². The van der Waals surface area contributed by atoms with Gasteiger partial charge in [-0.25, -0.2) is 14.4 Å². The van der Waals surface area contributed by atoms with E-state index in [0.29, 0.717) is 16.8 Å². The zero-order chi connectivity index (χ0) is 13.1. The predicted octanol–water partition coefficient (Wildman–Crippen LogP) is 4.18. The van der Waals surface area contributed by atoms with Crippen molar-refractivity contribution in [2.45, 2.75) is 19.8 Å². The Hall–Kier alpha value is -1.68. The molecule has 0 atom stereocenters. The van der Waals surface area contributed by atoms with Crippen LogP contribution in [0.15, 0.2) is 30.6 Å². The van der Waals surface area contributed by atoms with E-state index in [2.05, 4.69) is 9.97 Å². The van der Waals surface area contributed by atoms with Crippen LogP contribution in [0, 0.1) is 5.82 Å². The Morgan fingerprint density at radius 2 is 1.83 bits per heavy atom. The molecule has 0 saturated carbocycles. The van der Waals surface area contributed by atoms with Gasteiger partial charge in [0, 0.05) is 0 Å². The van der Waals surface area contributed by atoms with Crippen molar-refractivity contribution in [1.82, 2.24) is 9.97 Å². The third-order valence-electron chi connectivity index (χ3n) is 2.40. The molecule has 0 radical (unpaired) electrons. The van der Waals surface area contributed by atoms with E-state index in [4.69, 9.17) is 16.3 Å². The molecule has 0 spiro atoms. The molecule has 0 aliphatic heterocycles. The summed E-state index contributed by atoms with van der Waals surface area (Å²) in [6.45, 7) is 3.95. The van der Waals surface area contributed by atoms with Crippen molar-refractivity contribution in [2.75, 3.05) is 0 Å². The van der Waals surface area contributed by atoms with Gasteiger partial charge < -0.3 is 4.74 Å². The molecule has 0 saturated heterocycles. The van der Waals surface area contributed by atoms with Gasteiger partial charge in [0.15, 0.2) is 0 Å². The zero-order valence-corrected chi connectivity index (χ0v) is 10.8. The van der Waals surface area contributed by atoms with Gasteiger partial charge in [-0.15, -0.1) is 0 Å². The summed E-state index contributed by atoms with van der Waals surface area (Å²) in [7, 11) is 0. The first kappa shape index (κ1) is 12.8. The molecule has 1 heterocycles. The van der Waals surface area contributed by atoms with E-state index in [0.717, 1.165) is 5.56 Å². The maximum absolute atomic E-state index is 12.8. The summed E-state index contributed by atoms with van der Waals surface area (Å²) >= 11 is 6.02. The number of halogens is 2. The summed E-state index contributed by atoms with van der Waals surface area (Å²) in [6.07, 6.45) is 1.34. The second-order valence-electron chi connectivity index (χ2n) is 4.09. The van der Waals surface area contributed by atoms with Crippen molar-refractivity contribution in [3.63, 3.8) is 0 Å². The lowest BCUT2D eigenvalue weighted by molar-refractivity contribution is 0.450. The number of benzene rings is 1. The van der Waals surface area contributed by atoms with Crippen molar-refractivity contribution in [3.05, 3.63) is 47.1 Å². The molecule has 0 bridgehead atoms. The van der Waals surface area contributed by atoms with E-state index in [1.54, 1.807) is 0 Å². The van der Waals surface area contributed by atoms with Gasteiger partial charge in [-0.1, -0.05) is 25.4 Å². The van der Waals surface area contributed by atoms with Gasteiger partial charge in [-0.3, -0.25) is 0 Å². The first-order chi connectivity index (χ1) is 8.58. The van der Waals surface area contributed by atoms with E-state index >= 15 is 0 Å². The molecule has 1 aromatic carbocycles. The molecule has 0 aliphatic carbocycles. The van der Waals surface area contributed by atoms with E-state index in [9.17, 15) is 4.39 Å². The highest BCUT2D eigenvalue weighted by Crippen LogP contribution is 2.32. The van der Waals surface area contributed by atoms with Gasteiger partial charge in [0.1, 0.15) is 23.0 Å². The highest BCUT2D eigenvalue weighted by atomic mass is 35.5. The summed E-state index contributed by atoms with van der Waals surface area (Å²) in [4.78, 5) is 8.00. The first-order valence-corrected chi connectivity index (χ1v) is 5.89. The molecule has 0 amide bonds. The van der Waals surface area contributed by atoms with Gasteiger partial charge in [0.2, 0.25) is 5.88 Å². The standard InChI is InChI=1S/C13H12ClFN2O/c1-8(2)11-12(14)16-7-17-13(11)18-10-5-3-9(15)4-6-10/h3-8H,1-2H3. The Morgan fingerprint density at radius 3 is 2.44 bits per heavy atom. The number of hydrogen-bond acceptors (Lipinski definition) is 3. The fourth-order valence-electron chi connectivity index (χ4n) is 1.54. The molecular formula is C13H12ClFN2O. The number of aromatic nitrogens is 2. The second-order valence-corrected chi connectivity index (χ2v) is 4.45. The summed E-state index contributed by atoms with van der Waals surface area (Å²) < 4.78 is 18.4. The largest absolute Gasteiger partial charge is 0.439 e. The summed E-state index contributed by atoms with van der Waals surface area (Å²) in [5, 5.41) is 0.372. The lowest BCUT2D eigenvalue weighted by Crippen LogP contribution is -1.99. The number of rotatable bonds is 3. The Labute approximate surface area is 110 Å². The lowest BCUT2D eigenvalue weighted by atomic mass is 10.1. The minimum Gasteiger partial charge on any atom is -0.439 e. The van der Waals surface area contributed by atoms with Crippen LogP contribution in [0.25, 0.3) is 0 Å². The normalized spacial score (nSPS) is 10.7. The molecule has 18 heavy (non-hydrogen) atoms. The van der Waals surface area contributed by atoms with E-state index < -0.39 is 0 Å². The quantitative estimate of drug-likeness (QED) is 0.782. The maximum atomic E-state index is 12.8. The Morgan fingerprint density at radius 1 is 1.17 bits per heavy atom. The van der Waals surface area contributed by atoms with Crippen LogP contribution < -0.4 is 4.74 Å². The van der Waals surface area contributed by atoms with Crippen LogP contribution in [0.5, 0.6) is 11.6 Å². The highest BCUT2D eigenvalue weighted by molar-refractivity contribution is 6.30. The molecule has 0 fully saturated rings. The van der Waals surface area contributed by atoms with Gasteiger partial charge in [-0.05, 0) is 30.2 Å². The smallest absolute Gasteiger partial charge is 0.227 e. The van der Waals surface area contributed by atoms with E-state index in [1.165, 1.54) is 30.6 Å². The Bertz CT molecular complexity index is 543. The van der Waals surface area contributed by atoms with E-state index in [1.807, 2.05) is 13.8 Å². The van der Waals surface area contributed by atoms with Crippen molar-refractivity contribution in [1.29, 1.82) is 0 Å². The first-order valence-electron chi connectivity index (χ1n) is 5.51. The molecule has 2 aromatic rings. The van der Waals surface area contributed by atoms with Crippen LogP contribution in [0.3, 0.4) is 0 Å². The SMILES string of the molecule is CC(C)c1c(Cl)ncnc1Oc1ccc(F)cc1. The lowest BCUT2D eigenvalue weighted by Gasteiger charge is -2.13. The molecule has 94 valence electrons. The molecule has 2 rings (SSSR count).